The number of benzene rings is 1. The second-order valence-corrected chi connectivity index (χ2v) is 8.76. The Morgan fingerprint density at radius 3 is 2.63 bits per heavy atom. The summed E-state index contributed by atoms with van der Waals surface area (Å²) in [7, 11) is 1.69. The predicted octanol–water partition coefficient (Wildman–Crippen LogP) is 2.71. The molecule has 2 aromatic rings. The Morgan fingerprint density at radius 2 is 2.00 bits per heavy atom. The molecule has 1 atom stereocenters. The van der Waals surface area contributed by atoms with Crippen molar-refractivity contribution < 1.29 is 18.7 Å². The molecule has 4 rings (SSSR count). The van der Waals surface area contributed by atoms with Crippen molar-refractivity contribution in [2.75, 3.05) is 57.9 Å². The first-order valence-corrected chi connectivity index (χ1v) is 11.1. The molecule has 9 heteroatoms. The van der Waals surface area contributed by atoms with E-state index in [0.717, 1.165) is 19.6 Å². The van der Waals surface area contributed by atoms with Crippen LogP contribution in [0.5, 0.6) is 0 Å². The number of ether oxygens (including phenoxy) is 2. The zero-order valence-corrected chi connectivity index (χ0v) is 18.3. The van der Waals surface area contributed by atoms with Gasteiger partial charge >= 0.3 is 5.97 Å². The van der Waals surface area contributed by atoms with Crippen molar-refractivity contribution >= 4 is 34.3 Å². The molecule has 2 aliphatic rings. The summed E-state index contributed by atoms with van der Waals surface area (Å²) in [5.74, 6) is -1.09. The number of anilines is 1. The van der Waals surface area contributed by atoms with Gasteiger partial charge in [-0.05, 0) is 26.0 Å². The fourth-order valence-electron chi connectivity index (χ4n) is 4.09. The van der Waals surface area contributed by atoms with Crippen LogP contribution in [0, 0.1) is 5.82 Å². The van der Waals surface area contributed by atoms with Crippen molar-refractivity contribution in [2.24, 2.45) is 0 Å². The Balaban J connectivity index is 1.72. The second kappa shape index (κ2) is 8.56. The smallest absolute Gasteiger partial charge is 0.344 e. The predicted molar refractivity (Wildman–Crippen MR) is 115 cm³/mol. The third kappa shape index (κ3) is 3.59. The SMILES string of the molecule is CCOC(=O)c1c2n(c3cc(N4CCN(CCOC)CC4)c(F)cc3c1=O)C(C)S2. The zero-order valence-electron chi connectivity index (χ0n) is 17.4. The Kier molecular flexibility index (Phi) is 6.04. The fraction of sp³-hybridized carbons (Fsp3) is 0.524. The Labute approximate surface area is 178 Å². The van der Waals surface area contributed by atoms with E-state index in [0.29, 0.717) is 35.9 Å². The molecule has 0 aliphatic carbocycles. The molecule has 0 N–H and O–H groups in total. The van der Waals surface area contributed by atoms with E-state index in [2.05, 4.69) is 4.90 Å². The molecule has 1 fully saturated rings. The number of aromatic nitrogens is 1. The van der Waals surface area contributed by atoms with Crippen molar-refractivity contribution in [2.45, 2.75) is 24.2 Å². The lowest BCUT2D eigenvalue weighted by Crippen LogP contribution is -2.47. The number of rotatable bonds is 6. The summed E-state index contributed by atoms with van der Waals surface area (Å²) >= 11 is 1.45. The van der Waals surface area contributed by atoms with Crippen LogP contribution in [0.4, 0.5) is 10.1 Å². The summed E-state index contributed by atoms with van der Waals surface area (Å²) in [6.07, 6.45) is 0. The number of pyridine rings is 1. The maximum absolute atomic E-state index is 15.1. The van der Waals surface area contributed by atoms with Crippen LogP contribution in [0.25, 0.3) is 10.9 Å². The van der Waals surface area contributed by atoms with Gasteiger partial charge < -0.3 is 18.9 Å². The number of carbonyl (C=O) groups is 1. The fourth-order valence-corrected chi connectivity index (χ4v) is 5.24. The minimum absolute atomic E-state index is 0.00589. The average molecular weight is 436 g/mol. The number of carbonyl (C=O) groups excluding carboxylic acids is 1. The number of halogens is 1. The van der Waals surface area contributed by atoms with E-state index in [1.165, 1.54) is 17.8 Å². The number of methoxy groups -OCH3 is 1. The van der Waals surface area contributed by atoms with Gasteiger partial charge in [0.15, 0.2) is 0 Å². The second-order valence-electron chi connectivity index (χ2n) is 7.46. The highest BCUT2D eigenvalue weighted by Crippen LogP contribution is 2.46. The number of hydrogen-bond acceptors (Lipinski definition) is 7. The molecule has 1 aromatic heterocycles. The minimum Gasteiger partial charge on any atom is -0.462 e. The Morgan fingerprint density at radius 1 is 1.27 bits per heavy atom. The lowest BCUT2D eigenvalue weighted by Gasteiger charge is -2.37. The largest absolute Gasteiger partial charge is 0.462 e. The molecule has 1 aromatic carbocycles. The number of thioether (sulfide) groups is 1. The van der Waals surface area contributed by atoms with Crippen LogP contribution in [0.2, 0.25) is 0 Å². The molecule has 1 saturated heterocycles. The van der Waals surface area contributed by atoms with E-state index in [-0.39, 0.29) is 22.9 Å². The highest BCUT2D eigenvalue weighted by atomic mass is 32.2. The summed E-state index contributed by atoms with van der Waals surface area (Å²) in [4.78, 5) is 29.7. The third-order valence-corrected chi connectivity index (χ3v) is 6.86. The molecule has 0 saturated carbocycles. The number of esters is 1. The first-order valence-electron chi connectivity index (χ1n) is 10.2. The number of fused-ring (bicyclic) bond motifs is 3. The van der Waals surface area contributed by atoms with E-state index in [1.807, 2.05) is 16.4 Å². The maximum Gasteiger partial charge on any atom is 0.344 e. The van der Waals surface area contributed by atoms with Crippen LogP contribution in [0.1, 0.15) is 29.6 Å². The van der Waals surface area contributed by atoms with E-state index in [1.54, 1.807) is 20.1 Å². The minimum atomic E-state index is -0.649. The molecule has 162 valence electrons. The van der Waals surface area contributed by atoms with Gasteiger partial charge in [-0.15, -0.1) is 0 Å². The summed E-state index contributed by atoms with van der Waals surface area (Å²) in [6, 6.07) is 3.03. The third-order valence-electron chi connectivity index (χ3n) is 5.68. The van der Waals surface area contributed by atoms with Gasteiger partial charge in [0.25, 0.3) is 0 Å². The van der Waals surface area contributed by atoms with Gasteiger partial charge in [-0.25, -0.2) is 9.18 Å². The molecule has 30 heavy (non-hydrogen) atoms. The average Bonchev–Trinajstić information content (AvgIpc) is 2.72. The van der Waals surface area contributed by atoms with Crippen molar-refractivity contribution in [3.63, 3.8) is 0 Å². The van der Waals surface area contributed by atoms with Crippen molar-refractivity contribution in [1.29, 1.82) is 0 Å². The van der Waals surface area contributed by atoms with Crippen LogP contribution >= 0.6 is 11.8 Å². The van der Waals surface area contributed by atoms with E-state index >= 15 is 4.39 Å². The summed E-state index contributed by atoms with van der Waals surface area (Å²) in [6.45, 7) is 8.47. The van der Waals surface area contributed by atoms with Crippen LogP contribution in [-0.2, 0) is 9.47 Å². The van der Waals surface area contributed by atoms with Crippen molar-refractivity contribution in [3.8, 4) is 0 Å². The van der Waals surface area contributed by atoms with Crippen LogP contribution in [-0.4, -0.2) is 68.5 Å². The molecule has 0 radical (unpaired) electrons. The molecule has 0 bridgehead atoms. The van der Waals surface area contributed by atoms with Gasteiger partial charge in [0.1, 0.15) is 11.4 Å². The summed E-state index contributed by atoms with van der Waals surface area (Å²) < 4.78 is 27.2. The zero-order chi connectivity index (χ0) is 21.4. The summed E-state index contributed by atoms with van der Waals surface area (Å²) in [5, 5.41) is 0.870. The topological polar surface area (TPSA) is 64.0 Å². The highest BCUT2D eigenvalue weighted by molar-refractivity contribution is 8.00. The number of hydrogen-bond donors (Lipinski definition) is 0. The van der Waals surface area contributed by atoms with E-state index < -0.39 is 17.2 Å². The number of nitrogens with zero attached hydrogens (tertiary/aromatic N) is 3. The maximum atomic E-state index is 15.1. The van der Waals surface area contributed by atoms with Crippen molar-refractivity contribution in [3.05, 3.63) is 33.7 Å². The molecular weight excluding hydrogens is 409 g/mol. The van der Waals surface area contributed by atoms with E-state index in [9.17, 15) is 9.59 Å². The van der Waals surface area contributed by atoms with Gasteiger partial charge in [0, 0.05) is 45.2 Å². The van der Waals surface area contributed by atoms with Gasteiger partial charge in [0.05, 0.1) is 34.8 Å². The van der Waals surface area contributed by atoms with Gasteiger partial charge in [-0.1, -0.05) is 11.8 Å². The molecule has 7 nitrogen and oxygen atoms in total. The first-order chi connectivity index (χ1) is 14.5. The number of piperazine rings is 1. The highest BCUT2D eigenvalue weighted by Gasteiger charge is 2.34. The van der Waals surface area contributed by atoms with E-state index in [4.69, 9.17) is 9.47 Å². The van der Waals surface area contributed by atoms with Crippen LogP contribution in [0.3, 0.4) is 0 Å². The van der Waals surface area contributed by atoms with Crippen LogP contribution in [0.15, 0.2) is 22.0 Å². The quantitative estimate of drug-likeness (QED) is 0.647. The molecular formula is C21H26FN3O4S. The molecule has 3 heterocycles. The van der Waals surface area contributed by atoms with Crippen molar-refractivity contribution in [1.82, 2.24) is 9.47 Å². The normalized spacial score (nSPS) is 18.9. The van der Waals surface area contributed by atoms with Crippen LogP contribution < -0.4 is 10.3 Å². The Hall–Kier alpha value is -2.10. The monoisotopic (exact) mass is 435 g/mol. The first kappa shape index (κ1) is 21.1. The lowest BCUT2D eigenvalue weighted by atomic mass is 10.1. The van der Waals surface area contributed by atoms with Gasteiger partial charge in [-0.3, -0.25) is 9.69 Å². The van der Waals surface area contributed by atoms with Gasteiger partial charge in [0.2, 0.25) is 5.43 Å². The molecule has 2 aliphatic heterocycles. The lowest BCUT2D eigenvalue weighted by molar-refractivity contribution is 0.0518. The molecule has 0 amide bonds. The van der Waals surface area contributed by atoms with Gasteiger partial charge in [-0.2, -0.15) is 0 Å². The standard InChI is InChI=1S/C21H26FN3O4S/c1-4-29-21(27)18-19(26)14-11-15(22)17(12-16(14)25-13(2)30-20(18)25)24-7-5-23(6-8-24)9-10-28-3/h11-13H,4-10H2,1-3H3. The molecule has 1 unspecified atom stereocenters. The summed E-state index contributed by atoms with van der Waals surface area (Å²) in [5.41, 5.74) is 0.693. The Bertz CT molecular complexity index is 1030. The molecule has 0 spiro atoms.